The normalized spacial score (nSPS) is 18.1. The summed E-state index contributed by atoms with van der Waals surface area (Å²) < 4.78 is 10.7. The number of aliphatic hydroxyl groups excluding tert-OH is 1. The molecule has 1 aromatic heterocycles. The Balaban J connectivity index is 1.46. The number of aldehydes is 1. The highest BCUT2D eigenvalue weighted by molar-refractivity contribution is 6.33. The van der Waals surface area contributed by atoms with Crippen LogP contribution in [0.25, 0.3) is 5.57 Å². The summed E-state index contributed by atoms with van der Waals surface area (Å²) in [7, 11) is 2.99. The first-order valence-corrected chi connectivity index (χ1v) is 12.1. The van der Waals surface area contributed by atoms with Crippen LogP contribution in [0.5, 0.6) is 0 Å². The molecule has 2 amide bonds. The molecular weight excluding hydrogens is 502 g/mol. The molecule has 0 saturated carbocycles. The third-order valence-electron chi connectivity index (χ3n) is 6.55. The minimum Gasteiger partial charge on any atom is -0.495 e. The van der Waals surface area contributed by atoms with Gasteiger partial charge in [-0.05, 0) is 36.1 Å². The zero-order valence-corrected chi connectivity index (χ0v) is 21.5. The molecule has 1 aliphatic heterocycles. The molecule has 11 nitrogen and oxygen atoms in total. The fourth-order valence-corrected chi connectivity index (χ4v) is 4.79. The van der Waals surface area contributed by atoms with Crippen molar-refractivity contribution in [3.63, 3.8) is 0 Å². The van der Waals surface area contributed by atoms with Gasteiger partial charge in [0.1, 0.15) is 18.1 Å². The Hall–Kier alpha value is -3.70. The Labute approximate surface area is 218 Å². The number of methoxy groups -OCH3 is 1. The van der Waals surface area contributed by atoms with Crippen LogP contribution in [-0.4, -0.2) is 64.6 Å². The molecule has 37 heavy (non-hydrogen) atoms. The summed E-state index contributed by atoms with van der Waals surface area (Å²) >= 11 is 6.33. The zero-order chi connectivity index (χ0) is 26.7. The van der Waals surface area contributed by atoms with Crippen molar-refractivity contribution in [1.82, 2.24) is 20.4 Å². The van der Waals surface area contributed by atoms with Gasteiger partial charge in [0.15, 0.2) is 0 Å². The van der Waals surface area contributed by atoms with E-state index >= 15 is 0 Å². The number of nitrogens with zero attached hydrogens (tertiary/aromatic N) is 3. The standard InChI is InChI=1S/C25H28ClN5O6/c1-13-19(33)10-17(21(36-3)20(13)26)22-29-25(37-30-22)28-11-14-6-7-16-15(9-14)12-31(24(16)35)18(5-4-8-32)23(34)27-2/h6-9,18-19,33H,4-5,10-12H2,1-3H3,(H,27,34)(H,28,29,30). The van der Waals surface area contributed by atoms with E-state index in [4.69, 9.17) is 20.9 Å². The van der Waals surface area contributed by atoms with Gasteiger partial charge in [-0.25, -0.2) is 0 Å². The first kappa shape index (κ1) is 26.4. The first-order valence-electron chi connectivity index (χ1n) is 11.8. The molecule has 12 heteroatoms. The molecule has 0 spiro atoms. The van der Waals surface area contributed by atoms with E-state index in [0.717, 1.165) is 17.4 Å². The van der Waals surface area contributed by atoms with E-state index in [-0.39, 0.29) is 49.5 Å². The summed E-state index contributed by atoms with van der Waals surface area (Å²) in [6.45, 7) is 2.35. The number of aromatic nitrogens is 2. The lowest BCUT2D eigenvalue weighted by Crippen LogP contribution is -2.46. The molecule has 4 rings (SSSR count). The Morgan fingerprint density at radius 1 is 1.43 bits per heavy atom. The number of allylic oxidation sites excluding steroid dienone is 1. The van der Waals surface area contributed by atoms with Crippen molar-refractivity contribution in [3.8, 4) is 0 Å². The van der Waals surface area contributed by atoms with E-state index in [1.807, 2.05) is 6.07 Å². The maximum atomic E-state index is 12.9. The van der Waals surface area contributed by atoms with Crippen LogP contribution in [0.3, 0.4) is 0 Å². The summed E-state index contributed by atoms with van der Waals surface area (Å²) in [5.41, 5.74) is 3.34. The fourth-order valence-electron chi connectivity index (χ4n) is 4.48. The van der Waals surface area contributed by atoms with Gasteiger partial charge in [-0.1, -0.05) is 28.9 Å². The molecule has 1 aromatic carbocycles. The average molecular weight is 530 g/mol. The zero-order valence-electron chi connectivity index (χ0n) is 20.7. The maximum Gasteiger partial charge on any atom is 0.322 e. The number of nitrogens with one attached hydrogen (secondary N) is 2. The second kappa shape index (κ2) is 11.1. The first-order chi connectivity index (χ1) is 17.8. The number of ether oxygens (including phenoxy) is 1. The number of halogens is 1. The lowest BCUT2D eigenvalue weighted by atomic mass is 9.94. The van der Waals surface area contributed by atoms with Crippen LogP contribution in [0.2, 0.25) is 0 Å². The third kappa shape index (κ3) is 5.23. The van der Waals surface area contributed by atoms with E-state index in [0.29, 0.717) is 34.0 Å². The van der Waals surface area contributed by atoms with Crippen LogP contribution in [-0.2, 0) is 27.4 Å². The molecule has 196 valence electrons. The molecule has 0 fully saturated rings. The number of carbonyl (C=O) groups excluding carboxylic acids is 3. The van der Waals surface area contributed by atoms with Crippen molar-refractivity contribution < 1.29 is 28.8 Å². The van der Waals surface area contributed by atoms with Crippen LogP contribution in [0.4, 0.5) is 6.01 Å². The molecule has 2 atom stereocenters. The van der Waals surface area contributed by atoms with Crippen molar-refractivity contribution in [1.29, 1.82) is 0 Å². The number of fused-ring (bicyclic) bond motifs is 1. The van der Waals surface area contributed by atoms with Crippen LogP contribution < -0.4 is 10.6 Å². The number of amides is 2. The van der Waals surface area contributed by atoms with Gasteiger partial charge in [0.05, 0.1) is 18.2 Å². The number of aliphatic hydroxyl groups is 1. The summed E-state index contributed by atoms with van der Waals surface area (Å²) in [4.78, 5) is 42.0. The predicted octanol–water partition coefficient (Wildman–Crippen LogP) is 2.37. The minimum atomic E-state index is -0.772. The predicted molar refractivity (Wildman–Crippen MR) is 134 cm³/mol. The van der Waals surface area contributed by atoms with Crippen molar-refractivity contribution in [2.75, 3.05) is 19.5 Å². The number of carbonyl (C=O) groups is 3. The second-order valence-electron chi connectivity index (χ2n) is 8.80. The number of likely N-dealkylation sites (N-methyl/N-ethyl adjacent to an activating group) is 1. The van der Waals surface area contributed by atoms with Crippen LogP contribution >= 0.6 is 11.6 Å². The monoisotopic (exact) mass is 529 g/mol. The topological polar surface area (TPSA) is 147 Å². The highest BCUT2D eigenvalue weighted by Gasteiger charge is 2.36. The lowest BCUT2D eigenvalue weighted by Gasteiger charge is -2.25. The van der Waals surface area contributed by atoms with E-state index in [2.05, 4.69) is 20.8 Å². The molecule has 2 unspecified atom stereocenters. The van der Waals surface area contributed by atoms with Crippen molar-refractivity contribution in [3.05, 3.63) is 57.1 Å². The summed E-state index contributed by atoms with van der Waals surface area (Å²) in [6, 6.07) is 4.87. The minimum absolute atomic E-state index is 0.168. The van der Waals surface area contributed by atoms with E-state index in [1.54, 1.807) is 19.1 Å². The second-order valence-corrected chi connectivity index (χ2v) is 9.18. The number of hydrogen-bond acceptors (Lipinski definition) is 9. The van der Waals surface area contributed by atoms with E-state index in [9.17, 15) is 19.5 Å². The number of anilines is 1. The van der Waals surface area contributed by atoms with Gasteiger partial charge in [-0.2, -0.15) is 4.98 Å². The molecule has 2 aromatic rings. The van der Waals surface area contributed by atoms with Gasteiger partial charge in [-0.15, -0.1) is 0 Å². The summed E-state index contributed by atoms with van der Waals surface area (Å²) in [6.07, 6.45) is 0.653. The van der Waals surface area contributed by atoms with Gasteiger partial charge in [0, 0.05) is 44.1 Å². The summed E-state index contributed by atoms with van der Waals surface area (Å²) in [5, 5.41) is 20.2. The maximum absolute atomic E-state index is 12.9. The number of rotatable bonds is 10. The van der Waals surface area contributed by atoms with E-state index in [1.165, 1.54) is 19.1 Å². The van der Waals surface area contributed by atoms with Crippen LogP contribution in [0.15, 0.2) is 39.1 Å². The molecule has 2 heterocycles. The Bertz CT molecular complexity index is 1290. The largest absolute Gasteiger partial charge is 0.495 e. The molecule has 0 saturated heterocycles. The van der Waals surface area contributed by atoms with Crippen LogP contribution in [0, 0.1) is 0 Å². The van der Waals surface area contributed by atoms with Crippen LogP contribution in [0.1, 0.15) is 53.5 Å². The van der Waals surface area contributed by atoms with Gasteiger partial charge in [0.25, 0.3) is 5.91 Å². The number of hydrogen-bond donors (Lipinski definition) is 3. The Kier molecular flexibility index (Phi) is 7.94. The number of benzene rings is 1. The molecule has 2 aliphatic rings. The molecule has 1 aliphatic carbocycles. The summed E-state index contributed by atoms with van der Waals surface area (Å²) in [5.74, 6) is 0.110. The van der Waals surface area contributed by atoms with Gasteiger partial charge >= 0.3 is 6.01 Å². The average Bonchev–Trinajstić information content (AvgIpc) is 3.50. The fraction of sp³-hybridized carbons (Fsp3) is 0.400. The van der Waals surface area contributed by atoms with Crippen molar-refractivity contribution in [2.45, 2.75) is 51.4 Å². The van der Waals surface area contributed by atoms with Gasteiger partial charge < -0.3 is 34.7 Å². The van der Waals surface area contributed by atoms with E-state index < -0.39 is 12.1 Å². The quantitative estimate of drug-likeness (QED) is 0.394. The SMILES string of the molecule is CNC(=O)C(CCC=O)N1Cc2cc(CNc3nc(C4=C(OC)C(Cl)=C(C)C(O)C4)no3)ccc2C1=O. The highest BCUT2D eigenvalue weighted by Crippen LogP contribution is 2.37. The van der Waals surface area contributed by atoms with Gasteiger partial charge in [0.2, 0.25) is 11.7 Å². The lowest BCUT2D eigenvalue weighted by molar-refractivity contribution is -0.125. The smallest absolute Gasteiger partial charge is 0.322 e. The Morgan fingerprint density at radius 3 is 2.92 bits per heavy atom. The molecule has 3 N–H and O–H groups in total. The Morgan fingerprint density at radius 2 is 2.22 bits per heavy atom. The third-order valence-corrected chi connectivity index (χ3v) is 7.02. The highest BCUT2D eigenvalue weighted by atomic mass is 35.5. The van der Waals surface area contributed by atoms with Crippen molar-refractivity contribution in [2.24, 2.45) is 0 Å². The molecular formula is C25H28ClN5O6. The van der Waals surface area contributed by atoms with Crippen molar-refractivity contribution >= 4 is 41.3 Å². The van der Waals surface area contributed by atoms with Gasteiger partial charge in [-0.3, -0.25) is 9.59 Å². The molecule has 0 radical (unpaired) electrons. The molecule has 0 bridgehead atoms.